The molecular formula is C23H34O6. The minimum atomic E-state index is -0.125. The maximum atomic E-state index is 10.8. The molecule has 0 radical (unpaired) electrons. The van der Waals surface area contributed by atoms with E-state index in [4.69, 9.17) is 24.4 Å². The highest BCUT2D eigenvalue weighted by molar-refractivity contribution is 5.77. The number of aliphatic hydroxyl groups is 2. The fourth-order valence-electron chi connectivity index (χ4n) is 2.16. The first-order valence-electron chi connectivity index (χ1n) is 9.69. The summed E-state index contributed by atoms with van der Waals surface area (Å²) in [6.07, 6.45) is 0.819. The van der Waals surface area contributed by atoms with Crippen LogP contribution in [-0.2, 0) is 16.1 Å². The third kappa shape index (κ3) is 13.5. The number of aliphatic hydroxyl groups excluding tert-OH is 2. The zero-order valence-corrected chi connectivity index (χ0v) is 17.8. The number of hydrogen-bond donors (Lipinski definition) is 2. The molecule has 0 aliphatic heterocycles. The molecule has 0 aliphatic carbocycles. The monoisotopic (exact) mass is 406 g/mol. The van der Waals surface area contributed by atoms with Crippen LogP contribution in [0.3, 0.4) is 0 Å². The van der Waals surface area contributed by atoms with Gasteiger partial charge in [0.05, 0.1) is 13.2 Å². The van der Waals surface area contributed by atoms with Gasteiger partial charge in [-0.15, -0.1) is 0 Å². The van der Waals surface area contributed by atoms with E-state index in [9.17, 15) is 4.79 Å². The summed E-state index contributed by atoms with van der Waals surface area (Å²) in [5, 5.41) is 15.2. The third-order valence-corrected chi connectivity index (χ3v) is 3.47. The first kappa shape index (κ1) is 26.8. The lowest BCUT2D eigenvalue weighted by Crippen LogP contribution is -2.11. The molecule has 29 heavy (non-hydrogen) atoms. The summed E-state index contributed by atoms with van der Waals surface area (Å²) in [6, 6.07) is 15.3. The van der Waals surface area contributed by atoms with Crippen molar-refractivity contribution in [3.05, 3.63) is 65.2 Å². The predicted octanol–water partition coefficient (Wildman–Crippen LogP) is 3.76. The molecule has 0 aromatic heterocycles. The van der Waals surface area contributed by atoms with Gasteiger partial charge >= 0.3 is 0 Å². The average molecular weight is 407 g/mol. The Morgan fingerprint density at radius 3 is 2.10 bits per heavy atom. The highest BCUT2D eigenvalue weighted by Gasteiger charge is 2.01. The van der Waals surface area contributed by atoms with E-state index in [1.54, 1.807) is 6.07 Å². The summed E-state index contributed by atoms with van der Waals surface area (Å²) in [5.74, 6) is 0.825. The van der Waals surface area contributed by atoms with E-state index < -0.39 is 0 Å². The third-order valence-electron chi connectivity index (χ3n) is 3.47. The summed E-state index contributed by atoms with van der Waals surface area (Å²) in [5.41, 5.74) is 2.75. The second kappa shape index (κ2) is 17.8. The lowest BCUT2D eigenvalue weighted by molar-refractivity contribution is -0.123. The van der Waals surface area contributed by atoms with Gasteiger partial charge in [-0.05, 0) is 51.0 Å². The molecule has 0 atom stereocenters. The Kier molecular flexibility index (Phi) is 16.4. The van der Waals surface area contributed by atoms with Crippen LogP contribution in [0.25, 0.3) is 0 Å². The van der Waals surface area contributed by atoms with Gasteiger partial charge in [-0.25, -0.2) is 0 Å². The van der Waals surface area contributed by atoms with E-state index in [0.717, 1.165) is 36.4 Å². The van der Waals surface area contributed by atoms with Crippen molar-refractivity contribution in [2.45, 2.75) is 40.6 Å². The predicted molar refractivity (Wildman–Crippen MR) is 114 cm³/mol. The second-order valence-corrected chi connectivity index (χ2v) is 5.85. The molecule has 2 aromatic carbocycles. The number of aryl methyl sites for hydroxylation is 1. The van der Waals surface area contributed by atoms with Gasteiger partial charge in [-0.1, -0.05) is 36.4 Å². The number of carbonyl (C=O) groups excluding carboxylic acids is 1. The zero-order chi connectivity index (χ0) is 21.9. The fraction of sp³-hybridized carbons (Fsp3) is 0.435. The Balaban J connectivity index is 0.000000547. The van der Waals surface area contributed by atoms with Gasteiger partial charge in [0.1, 0.15) is 18.6 Å². The van der Waals surface area contributed by atoms with Gasteiger partial charge in [-0.2, -0.15) is 0 Å². The van der Waals surface area contributed by atoms with Crippen molar-refractivity contribution in [2.75, 3.05) is 26.4 Å². The molecule has 162 valence electrons. The molecule has 0 saturated carbocycles. The van der Waals surface area contributed by atoms with Crippen molar-refractivity contribution in [2.24, 2.45) is 0 Å². The Bertz CT molecular complexity index is 651. The maximum Gasteiger partial charge on any atom is 0.154 e. The maximum absolute atomic E-state index is 10.8. The lowest BCUT2D eigenvalue weighted by atomic mass is 10.1. The van der Waals surface area contributed by atoms with Crippen LogP contribution < -0.4 is 4.74 Å². The molecule has 0 fully saturated rings. The number of benzene rings is 2. The summed E-state index contributed by atoms with van der Waals surface area (Å²) in [7, 11) is 0. The largest absolute Gasteiger partial charge is 0.489 e. The Morgan fingerprint density at radius 1 is 0.966 bits per heavy atom. The normalized spacial score (nSPS) is 9.76. The number of carbonyl (C=O) groups is 1. The molecule has 0 bridgehead atoms. The smallest absolute Gasteiger partial charge is 0.154 e. The second-order valence-electron chi connectivity index (χ2n) is 5.85. The van der Waals surface area contributed by atoms with Crippen molar-refractivity contribution < 1.29 is 29.2 Å². The van der Waals surface area contributed by atoms with Crippen LogP contribution in [0.5, 0.6) is 5.75 Å². The van der Waals surface area contributed by atoms with Gasteiger partial charge < -0.3 is 24.4 Å². The van der Waals surface area contributed by atoms with Crippen LogP contribution in [0.2, 0.25) is 0 Å². The van der Waals surface area contributed by atoms with Crippen LogP contribution in [0.15, 0.2) is 48.5 Å². The summed E-state index contributed by atoms with van der Waals surface area (Å²) < 4.78 is 15.8. The average Bonchev–Trinajstić information content (AvgIpc) is 2.73. The summed E-state index contributed by atoms with van der Waals surface area (Å²) in [4.78, 5) is 10.8. The van der Waals surface area contributed by atoms with Crippen LogP contribution in [0, 0.1) is 6.92 Å². The van der Waals surface area contributed by atoms with Crippen LogP contribution in [0.4, 0.5) is 0 Å². The minimum Gasteiger partial charge on any atom is -0.489 e. The van der Waals surface area contributed by atoms with E-state index in [1.807, 2.05) is 70.2 Å². The molecule has 0 saturated heterocycles. The molecule has 2 aromatic rings. The molecule has 0 unspecified atom stereocenters. The van der Waals surface area contributed by atoms with Gasteiger partial charge in [0.25, 0.3) is 0 Å². The van der Waals surface area contributed by atoms with E-state index >= 15 is 0 Å². The van der Waals surface area contributed by atoms with Crippen molar-refractivity contribution in [3.63, 3.8) is 0 Å². The number of hydrogen-bond acceptors (Lipinski definition) is 6. The van der Waals surface area contributed by atoms with Gasteiger partial charge in [-0.3, -0.25) is 4.79 Å². The van der Waals surface area contributed by atoms with Crippen LogP contribution in [0.1, 0.15) is 42.3 Å². The molecule has 0 amide bonds. The Morgan fingerprint density at radius 2 is 1.59 bits per heavy atom. The van der Waals surface area contributed by atoms with E-state index in [2.05, 4.69) is 0 Å². The Labute approximate surface area is 174 Å². The molecule has 0 heterocycles. The van der Waals surface area contributed by atoms with Gasteiger partial charge in [0.2, 0.25) is 0 Å². The number of rotatable bonds is 9. The highest BCUT2D eigenvalue weighted by atomic mass is 16.7. The molecular weight excluding hydrogens is 372 g/mol. The molecule has 0 spiro atoms. The molecule has 6 heteroatoms. The Hall–Kier alpha value is -2.25. The molecule has 0 aliphatic rings. The van der Waals surface area contributed by atoms with Crippen LogP contribution >= 0.6 is 0 Å². The highest BCUT2D eigenvalue weighted by Crippen LogP contribution is 2.15. The molecule has 2 N–H and O–H groups in total. The number of aldehydes is 1. The fourth-order valence-corrected chi connectivity index (χ4v) is 2.16. The van der Waals surface area contributed by atoms with Crippen molar-refractivity contribution >= 4 is 6.29 Å². The number of ether oxygens (including phenoxy) is 3. The van der Waals surface area contributed by atoms with Crippen molar-refractivity contribution in [3.8, 4) is 5.75 Å². The van der Waals surface area contributed by atoms with Crippen LogP contribution in [-0.4, -0.2) is 49.2 Å². The van der Waals surface area contributed by atoms with E-state index in [1.165, 1.54) is 0 Å². The summed E-state index contributed by atoms with van der Waals surface area (Å²) >= 11 is 0. The van der Waals surface area contributed by atoms with Crippen molar-refractivity contribution in [1.29, 1.82) is 0 Å². The quantitative estimate of drug-likeness (QED) is 0.487. The lowest BCUT2D eigenvalue weighted by Gasteiger charge is -2.09. The molecule has 2 rings (SSSR count). The first-order chi connectivity index (χ1) is 14.0. The molecule has 6 nitrogen and oxygen atoms in total. The summed E-state index contributed by atoms with van der Waals surface area (Å²) in [6.45, 7) is 9.44. The topological polar surface area (TPSA) is 85.2 Å². The van der Waals surface area contributed by atoms with Crippen molar-refractivity contribution in [1.82, 2.24) is 0 Å². The van der Waals surface area contributed by atoms with E-state index in [0.29, 0.717) is 12.2 Å². The first-order valence-corrected chi connectivity index (χ1v) is 9.69. The standard InChI is InChI=1S/C15H14O2.C6H14O2.C2H6O2/c1-12-5-4-8-15(9-12)17-11-14-7-3-2-6-13(14)10-16;1-4-7-6(3)8-5-2;3-1-2-4/h2-10H,11H2,1H3;6H,4-5H2,1-3H3;3-4H,1-2H2. The van der Waals surface area contributed by atoms with Gasteiger partial charge in [0, 0.05) is 18.8 Å². The SMILES string of the molecule is CCOC(C)OCC.Cc1cccc(OCc2ccccc2C=O)c1.OCCO. The van der Waals surface area contributed by atoms with E-state index in [-0.39, 0.29) is 19.5 Å². The van der Waals surface area contributed by atoms with Gasteiger partial charge in [0.15, 0.2) is 6.29 Å². The minimum absolute atomic E-state index is 0.0370. The zero-order valence-electron chi connectivity index (χ0n) is 17.8.